The van der Waals surface area contributed by atoms with Crippen LogP contribution in [-0.2, 0) is 23.8 Å². The molecule has 0 aromatic heterocycles. The number of carbonyl (C=O) groups is 2. The molecular formula is C57H101NO10. The molecule has 6 N–H and O–H groups in total. The van der Waals surface area contributed by atoms with Gasteiger partial charge in [-0.05, 0) is 83.5 Å². The molecule has 1 rings (SSSR count). The van der Waals surface area contributed by atoms with Gasteiger partial charge < -0.3 is 45.1 Å². The van der Waals surface area contributed by atoms with Gasteiger partial charge in [0.2, 0.25) is 5.91 Å². The molecule has 11 heteroatoms. The van der Waals surface area contributed by atoms with Gasteiger partial charge in [0.1, 0.15) is 24.4 Å². The SMILES string of the molecule is CC/C=C/C/C=C/C/C=C/CCCCCCC(=O)OC1C(OCC(NC(=O)C(O)CCCC/C=C\CCCCCCCC)C(O)/C=C/CCCCCCCCCCCCC)OC(CO)C(O)C1O. The standard InChI is InChI=1S/C57H101NO10/c1-4-7-10-13-16-19-22-25-27-30-33-36-39-42-45-52(62)68-55-54(64)53(63)51(46-59)67-57(55)66-47-48(49(60)43-40-37-34-31-29-26-23-20-17-14-11-8-5-2)58-56(65)50(61)44-41-38-35-32-28-24-21-18-15-12-9-6-3/h7,10,16,19,25,27-28,32,40,43,48-51,53-55,57,59-61,63-64H,4-6,8-9,11-15,17-18,20-24,26,29-31,33-39,41-42,44-47H2,1-3H3,(H,58,65)/b10-7+,19-16+,27-25+,32-28-,43-40+. The zero-order valence-corrected chi connectivity index (χ0v) is 43.2. The molecule has 1 amide bonds. The van der Waals surface area contributed by atoms with Crippen LogP contribution < -0.4 is 5.32 Å². The number of rotatable bonds is 45. The lowest BCUT2D eigenvalue weighted by atomic mass is 9.99. The molecule has 11 nitrogen and oxygen atoms in total. The first-order valence-electron chi connectivity index (χ1n) is 27.6. The van der Waals surface area contributed by atoms with E-state index in [9.17, 15) is 35.1 Å². The van der Waals surface area contributed by atoms with Gasteiger partial charge in [-0.15, -0.1) is 0 Å². The van der Waals surface area contributed by atoms with E-state index in [4.69, 9.17) is 14.2 Å². The first kappa shape index (κ1) is 63.4. The van der Waals surface area contributed by atoms with E-state index in [0.29, 0.717) is 12.8 Å². The van der Waals surface area contributed by atoms with Crippen molar-refractivity contribution in [2.24, 2.45) is 0 Å². The highest BCUT2D eigenvalue weighted by molar-refractivity contribution is 5.80. The summed E-state index contributed by atoms with van der Waals surface area (Å²) < 4.78 is 17.5. The van der Waals surface area contributed by atoms with Crippen LogP contribution in [0.1, 0.15) is 226 Å². The van der Waals surface area contributed by atoms with Crippen molar-refractivity contribution in [1.29, 1.82) is 0 Å². The lowest BCUT2D eigenvalue weighted by molar-refractivity contribution is -0.305. The Balaban J connectivity index is 2.79. The molecule has 1 fully saturated rings. The van der Waals surface area contributed by atoms with Gasteiger partial charge in [0.25, 0.3) is 0 Å². The number of esters is 1. The number of hydrogen-bond donors (Lipinski definition) is 6. The predicted molar refractivity (Wildman–Crippen MR) is 278 cm³/mol. The van der Waals surface area contributed by atoms with Crippen LogP contribution >= 0.6 is 0 Å². The Labute approximate surface area is 414 Å². The summed E-state index contributed by atoms with van der Waals surface area (Å²) in [4.78, 5) is 26.4. The molecule has 1 saturated heterocycles. The van der Waals surface area contributed by atoms with Crippen LogP contribution in [0.15, 0.2) is 60.8 Å². The van der Waals surface area contributed by atoms with Gasteiger partial charge in [0.05, 0.1) is 25.4 Å². The van der Waals surface area contributed by atoms with Crippen LogP contribution in [0, 0.1) is 0 Å². The van der Waals surface area contributed by atoms with Crippen molar-refractivity contribution in [3.05, 3.63) is 60.8 Å². The lowest BCUT2D eigenvalue weighted by Gasteiger charge is -2.41. The highest BCUT2D eigenvalue weighted by Crippen LogP contribution is 2.26. The highest BCUT2D eigenvalue weighted by Gasteiger charge is 2.47. The van der Waals surface area contributed by atoms with Gasteiger partial charge >= 0.3 is 5.97 Å². The van der Waals surface area contributed by atoms with Gasteiger partial charge in [-0.1, -0.05) is 197 Å². The smallest absolute Gasteiger partial charge is 0.306 e. The Hall–Kier alpha value is -2.64. The third-order valence-electron chi connectivity index (χ3n) is 12.7. The number of amides is 1. The fourth-order valence-corrected chi connectivity index (χ4v) is 8.25. The van der Waals surface area contributed by atoms with E-state index in [-0.39, 0.29) is 19.4 Å². The van der Waals surface area contributed by atoms with E-state index in [1.54, 1.807) is 6.08 Å². The molecule has 1 aliphatic rings. The summed E-state index contributed by atoms with van der Waals surface area (Å²) in [6.45, 7) is 5.62. The molecule has 0 aromatic rings. The van der Waals surface area contributed by atoms with Crippen molar-refractivity contribution in [3.8, 4) is 0 Å². The van der Waals surface area contributed by atoms with Crippen LogP contribution in [0.4, 0.5) is 0 Å². The van der Waals surface area contributed by atoms with Crippen LogP contribution in [0.5, 0.6) is 0 Å². The number of ether oxygens (including phenoxy) is 3. The lowest BCUT2D eigenvalue weighted by Crippen LogP contribution is -2.61. The number of unbranched alkanes of at least 4 members (excludes halogenated alkanes) is 23. The number of aliphatic hydroxyl groups excluding tert-OH is 5. The predicted octanol–water partition coefficient (Wildman–Crippen LogP) is 11.9. The first-order valence-corrected chi connectivity index (χ1v) is 27.6. The van der Waals surface area contributed by atoms with Crippen molar-refractivity contribution in [3.63, 3.8) is 0 Å². The van der Waals surface area contributed by atoms with E-state index in [1.807, 2.05) is 6.08 Å². The Bertz CT molecular complexity index is 1330. The molecule has 0 aliphatic carbocycles. The minimum atomic E-state index is -1.62. The van der Waals surface area contributed by atoms with Crippen LogP contribution in [0.2, 0.25) is 0 Å². The molecule has 0 spiro atoms. The minimum Gasteiger partial charge on any atom is -0.454 e. The fourth-order valence-electron chi connectivity index (χ4n) is 8.25. The van der Waals surface area contributed by atoms with Crippen LogP contribution in [-0.4, -0.2) is 99.6 Å². The van der Waals surface area contributed by atoms with Crippen molar-refractivity contribution in [2.75, 3.05) is 13.2 Å². The molecule has 68 heavy (non-hydrogen) atoms. The summed E-state index contributed by atoms with van der Waals surface area (Å²) >= 11 is 0. The third kappa shape index (κ3) is 33.8. The molecule has 394 valence electrons. The average molecular weight is 960 g/mol. The number of carbonyl (C=O) groups excluding carboxylic acids is 2. The molecular weight excluding hydrogens is 859 g/mol. The molecule has 0 bridgehead atoms. The quantitative estimate of drug-likeness (QED) is 0.0196. The highest BCUT2D eigenvalue weighted by atomic mass is 16.7. The Morgan fingerprint density at radius 1 is 0.588 bits per heavy atom. The van der Waals surface area contributed by atoms with Crippen molar-refractivity contribution in [1.82, 2.24) is 5.32 Å². The van der Waals surface area contributed by atoms with Gasteiger partial charge in [-0.25, -0.2) is 0 Å². The molecule has 8 atom stereocenters. The maximum atomic E-state index is 13.3. The third-order valence-corrected chi connectivity index (χ3v) is 12.7. The fraction of sp³-hybridized carbons (Fsp3) is 0.789. The average Bonchev–Trinajstić information content (AvgIpc) is 3.33. The summed E-state index contributed by atoms with van der Waals surface area (Å²) in [6.07, 6.45) is 44.1. The number of aliphatic hydroxyl groups is 5. The van der Waals surface area contributed by atoms with Gasteiger partial charge in [0.15, 0.2) is 12.4 Å². The Kier molecular flexibility index (Phi) is 42.4. The maximum Gasteiger partial charge on any atom is 0.306 e. The second kappa shape index (κ2) is 45.5. The number of allylic oxidation sites excluding steroid dienone is 9. The molecule has 0 radical (unpaired) electrons. The van der Waals surface area contributed by atoms with Crippen molar-refractivity contribution < 1.29 is 49.3 Å². The summed E-state index contributed by atoms with van der Waals surface area (Å²) in [5, 5.41) is 56.7. The second-order valence-corrected chi connectivity index (χ2v) is 18.9. The number of hydrogen-bond acceptors (Lipinski definition) is 10. The van der Waals surface area contributed by atoms with Crippen LogP contribution in [0.25, 0.3) is 0 Å². The van der Waals surface area contributed by atoms with Crippen molar-refractivity contribution >= 4 is 11.9 Å². The molecule has 0 saturated carbocycles. The first-order chi connectivity index (χ1) is 33.2. The summed E-state index contributed by atoms with van der Waals surface area (Å²) in [5.74, 6) is -1.24. The summed E-state index contributed by atoms with van der Waals surface area (Å²) in [6, 6.07) is -1.04. The zero-order valence-electron chi connectivity index (χ0n) is 43.2. The van der Waals surface area contributed by atoms with E-state index >= 15 is 0 Å². The molecule has 0 aromatic carbocycles. The normalized spacial score (nSPS) is 20.4. The van der Waals surface area contributed by atoms with Gasteiger partial charge in [0, 0.05) is 6.42 Å². The minimum absolute atomic E-state index is 0.0945. The van der Waals surface area contributed by atoms with E-state index < -0.39 is 67.4 Å². The van der Waals surface area contributed by atoms with E-state index in [0.717, 1.165) is 83.5 Å². The Morgan fingerprint density at radius 3 is 1.60 bits per heavy atom. The van der Waals surface area contributed by atoms with Gasteiger partial charge in [-0.2, -0.15) is 0 Å². The Morgan fingerprint density at radius 2 is 1.06 bits per heavy atom. The summed E-state index contributed by atoms with van der Waals surface area (Å²) in [7, 11) is 0. The van der Waals surface area contributed by atoms with Gasteiger partial charge in [-0.3, -0.25) is 9.59 Å². The molecule has 1 heterocycles. The largest absolute Gasteiger partial charge is 0.454 e. The maximum absolute atomic E-state index is 13.3. The number of nitrogens with one attached hydrogen (secondary N) is 1. The second-order valence-electron chi connectivity index (χ2n) is 18.9. The van der Waals surface area contributed by atoms with E-state index in [1.165, 1.54) is 96.3 Å². The topological polar surface area (TPSA) is 175 Å². The molecule has 1 aliphatic heterocycles. The van der Waals surface area contributed by atoms with Crippen LogP contribution in [0.3, 0.4) is 0 Å². The zero-order chi connectivity index (χ0) is 49.7. The van der Waals surface area contributed by atoms with E-state index in [2.05, 4.69) is 74.7 Å². The monoisotopic (exact) mass is 960 g/mol. The molecule has 8 unspecified atom stereocenters. The van der Waals surface area contributed by atoms with Crippen molar-refractivity contribution in [2.45, 2.75) is 275 Å². The summed E-state index contributed by atoms with van der Waals surface area (Å²) in [5.41, 5.74) is 0.